The molecule has 0 bridgehead atoms. The van der Waals surface area contributed by atoms with Crippen LogP contribution in [0.1, 0.15) is 65.7 Å². The van der Waals surface area contributed by atoms with E-state index in [9.17, 15) is 4.79 Å². The minimum absolute atomic E-state index is 0.200. The zero-order valence-electron chi connectivity index (χ0n) is 19.9. The van der Waals surface area contributed by atoms with Crippen molar-refractivity contribution in [2.75, 3.05) is 5.75 Å². The fourth-order valence-electron chi connectivity index (χ4n) is 4.35. The summed E-state index contributed by atoms with van der Waals surface area (Å²) in [6, 6.07) is 18.9. The van der Waals surface area contributed by atoms with Gasteiger partial charge in [-0.1, -0.05) is 50.6 Å². The molecule has 5 heteroatoms. The Kier molecular flexibility index (Phi) is 7.42. The van der Waals surface area contributed by atoms with Crippen molar-refractivity contribution in [1.82, 2.24) is 0 Å². The molecule has 176 valence electrons. The molecule has 0 radical (unpaired) electrons. The second-order valence-electron chi connectivity index (χ2n) is 8.66. The van der Waals surface area contributed by atoms with Crippen LogP contribution in [0.2, 0.25) is 0 Å². The summed E-state index contributed by atoms with van der Waals surface area (Å²) < 4.78 is 21.2. The number of rotatable bonds is 8. The summed E-state index contributed by atoms with van der Waals surface area (Å²) in [7, 11) is 0. The van der Waals surface area contributed by atoms with Gasteiger partial charge in [-0.2, -0.15) is 0 Å². The fraction of sp³-hybridized carbons (Fsp3) is 0.276. The van der Waals surface area contributed by atoms with Crippen LogP contribution in [-0.2, 0) is 0 Å². The minimum Gasteiger partial charge on any atom is -0.490 e. The third kappa shape index (κ3) is 5.05. The van der Waals surface area contributed by atoms with Gasteiger partial charge in [0.15, 0.2) is 0 Å². The molecule has 3 aromatic rings. The molecule has 4 rings (SSSR count). The highest BCUT2D eigenvalue weighted by molar-refractivity contribution is 7.99. The standard InChI is InChI=1S/C29H30FNO2S/c1-4-6-21(5-2)33-22-11-8-19(9-12-22)28-24-14-10-20(29(31)32)16-27(24)34-17-25(28)23-13-7-18(3)15-26(23)30/h7-16,21H,4-6,17H2,1-3H3,(H2,31,32). The number of primary amides is 1. The van der Waals surface area contributed by atoms with Crippen molar-refractivity contribution in [3.05, 3.63) is 94.3 Å². The smallest absolute Gasteiger partial charge is 0.248 e. The van der Waals surface area contributed by atoms with E-state index in [1.165, 1.54) is 0 Å². The van der Waals surface area contributed by atoms with Gasteiger partial charge in [0.05, 0.1) is 6.10 Å². The molecule has 0 aromatic heterocycles. The fourth-order valence-corrected chi connectivity index (χ4v) is 5.49. The first-order valence-electron chi connectivity index (χ1n) is 11.7. The van der Waals surface area contributed by atoms with E-state index in [1.807, 2.05) is 55.5 Å². The van der Waals surface area contributed by atoms with E-state index in [4.69, 9.17) is 10.5 Å². The molecule has 1 aliphatic rings. The maximum absolute atomic E-state index is 15.1. The molecular formula is C29H30FNO2S. The van der Waals surface area contributed by atoms with Crippen molar-refractivity contribution in [2.45, 2.75) is 51.0 Å². The number of thioether (sulfide) groups is 1. The molecule has 34 heavy (non-hydrogen) atoms. The third-order valence-electron chi connectivity index (χ3n) is 6.17. The van der Waals surface area contributed by atoms with E-state index in [-0.39, 0.29) is 11.9 Å². The molecule has 0 aliphatic carbocycles. The molecule has 1 amide bonds. The van der Waals surface area contributed by atoms with Crippen LogP contribution in [-0.4, -0.2) is 17.8 Å². The number of ether oxygens (including phenoxy) is 1. The lowest BCUT2D eigenvalue weighted by molar-refractivity contribution is 0.1000. The van der Waals surface area contributed by atoms with E-state index in [2.05, 4.69) is 13.8 Å². The molecule has 0 saturated heterocycles. The molecule has 1 unspecified atom stereocenters. The van der Waals surface area contributed by atoms with Gasteiger partial charge in [-0.05, 0) is 77.9 Å². The first-order chi connectivity index (χ1) is 16.4. The molecule has 3 aromatic carbocycles. The summed E-state index contributed by atoms with van der Waals surface area (Å²) in [4.78, 5) is 12.7. The first kappa shape index (κ1) is 24.1. The summed E-state index contributed by atoms with van der Waals surface area (Å²) in [6.07, 6.45) is 3.26. The van der Waals surface area contributed by atoms with Crippen molar-refractivity contribution in [1.29, 1.82) is 0 Å². The highest BCUT2D eigenvalue weighted by Gasteiger charge is 2.24. The number of halogens is 1. The average molecular weight is 476 g/mol. The number of carbonyl (C=O) groups is 1. The van der Waals surface area contributed by atoms with E-state index in [1.54, 1.807) is 23.9 Å². The Labute approximate surface area is 205 Å². The monoisotopic (exact) mass is 475 g/mol. The second kappa shape index (κ2) is 10.5. The molecule has 0 fully saturated rings. The molecular weight excluding hydrogens is 445 g/mol. The molecule has 1 aliphatic heterocycles. The van der Waals surface area contributed by atoms with Gasteiger partial charge in [-0.3, -0.25) is 4.79 Å². The highest BCUT2D eigenvalue weighted by Crippen LogP contribution is 2.45. The summed E-state index contributed by atoms with van der Waals surface area (Å²) in [5, 5.41) is 0. The van der Waals surface area contributed by atoms with E-state index >= 15 is 4.39 Å². The quantitative estimate of drug-likeness (QED) is 0.373. The summed E-state index contributed by atoms with van der Waals surface area (Å²) in [5.41, 5.74) is 11.3. The number of hydrogen-bond acceptors (Lipinski definition) is 3. The average Bonchev–Trinajstić information content (AvgIpc) is 2.83. The van der Waals surface area contributed by atoms with Crippen LogP contribution in [0.25, 0.3) is 11.1 Å². The Morgan fingerprint density at radius 1 is 1.06 bits per heavy atom. The molecule has 3 nitrogen and oxygen atoms in total. The Balaban J connectivity index is 1.82. The van der Waals surface area contributed by atoms with E-state index in [0.29, 0.717) is 16.9 Å². The second-order valence-corrected chi connectivity index (χ2v) is 9.68. The van der Waals surface area contributed by atoms with Crippen molar-refractivity contribution in [3.63, 3.8) is 0 Å². The lowest BCUT2D eigenvalue weighted by Gasteiger charge is -2.25. The summed E-state index contributed by atoms with van der Waals surface area (Å²) in [5.74, 6) is 0.748. The maximum atomic E-state index is 15.1. The van der Waals surface area contributed by atoms with Crippen LogP contribution in [0, 0.1) is 12.7 Å². The first-order valence-corrected chi connectivity index (χ1v) is 12.7. The zero-order chi connectivity index (χ0) is 24.2. The van der Waals surface area contributed by atoms with Crippen molar-refractivity contribution < 1.29 is 13.9 Å². The van der Waals surface area contributed by atoms with Crippen LogP contribution >= 0.6 is 11.8 Å². The topological polar surface area (TPSA) is 52.3 Å². The van der Waals surface area contributed by atoms with Crippen LogP contribution in [0.15, 0.2) is 65.6 Å². The number of amides is 1. The minimum atomic E-state index is -0.455. The van der Waals surface area contributed by atoms with Crippen molar-refractivity contribution >= 4 is 28.8 Å². The van der Waals surface area contributed by atoms with Crippen molar-refractivity contribution in [2.24, 2.45) is 5.73 Å². The van der Waals surface area contributed by atoms with Gasteiger partial charge in [-0.25, -0.2) is 4.39 Å². The molecule has 0 spiro atoms. The Bertz CT molecular complexity index is 1230. The van der Waals surface area contributed by atoms with Crippen molar-refractivity contribution in [3.8, 4) is 5.75 Å². The predicted molar refractivity (Wildman–Crippen MR) is 139 cm³/mol. The largest absolute Gasteiger partial charge is 0.490 e. The van der Waals surface area contributed by atoms with E-state index in [0.717, 1.165) is 57.7 Å². The van der Waals surface area contributed by atoms with Crippen LogP contribution in [0.5, 0.6) is 5.75 Å². The highest BCUT2D eigenvalue weighted by atomic mass is 32.2. The van der Waals surface area contributed by atoms with Crippen LogP contribution in [0.4, 0.5) is 4.39 Å². The summed E-state index contributed by atoms with van der Waals surface area (Å²) >= 11 is 1.60. The predicted octanol–water partition coefficient (Wildman–Crippen LogP) is 7.26. The normalized spacial score (nSPS) is 14.0. The SMILES string of the molecule is CCCC(CC)Oc1ccc(C2=C(c3ccc(C)cc3F)CSc3cc(C(N)=O)ccc32)cc1. The number of nitrogens with two attached hydrogens (primary N) is 1. The third-order valence-corrected chi connectivity index (χ3v) is 7.25. The van der Waals surface area contributed by atoms with Crippen LogP contribution < -0.4 is 10.5 Å². The Morgan fingerprint density at radius 2 is 1.79 bits per heavy atom. The number of aryl methyl sites for hydroxylation is 1. The summed E-state index contributed by atoms with van der Waals surface area (Å²) in [6.45, 7) is 6.19. The number of benzene rings is 3. The maximum Gasteiger partial charge on any atom is 0.248 e. The van der Waals surface area contributed by atoms with Gasteiger partial charge >= 0.3 is 0 Å². The molecule has 2 N–H and O–H groups in total. The Morgan fingerprint density at radius 3 is 2.44 bits per heavy atom. The Hall–Kier alpha value is -3.05. The van der Waals surface area contributed by atoms with Gasteiger partial charge in [0.1, 0.15) is 11.6 Å². The van der Waals surface area contributed by atoms with Gasteiger partial charge < -0.3 is 10.5 Å². The zero-order valence-corrected chi connectivity index (χ0v) is 20.7. The lowest BCUT2D eigenvalue weighted by atomic mass is 9.89. The number of hydrogen-bond donors (Lipinski definition) is 1. The number of carbonyl (C=O) groups excluding carboxylic acids is 1. The van der Waals surface area contributed by atoms with Gasteiger partial charge in [-0.15, -0.1) is 11.8 Å². The van der Waals surface area contributed by atoms with Gasteiger partial charge in [0, 0.05) is 21.8 Å². The molecule has 1 heterocycles. The lowest BCUT2D eigenvalue weighted by Crippen LogP contribution is -2.14. The number of fused-ring (bicyclic) bond motifs is 1. The van der Waals surface area contributed by atoms with E-state index < -0.39 is 5.91 Å². The van der Waals surface area contributed by atoms with Gasteiger partial charge in [0.25, 0.3) is 0 Å². The van der Waals surface area contributed by atoms with Crippen LogP contribution in [0.3, 0.4) is 0 Å². The molecule has 1 atom stereocenters. The molecule has 0 saturated carbocycles. The van der Waals surface area contributed by atoms with Gasteiger partial charge in [0.2, 0.25) is 5.91 Å².